The molecule has 2 heterocycles. The van der Waals surface area contributed by atoms with Gasteiger partial charge in [-0.1, -0.05) is 23.7 Å². The Morgan fingerprint density at radius 1 is 1.12 bits per heavy atom. The molecule has 0 aliphatic carbocycles. The van der Waals surface area contributed by atoms with Gasteiger partial charge in [0.2, 0.25) is 0 Å². The lowest BCUT2D eigenvalue weighted by molar-refractivity contribution is 0.0632. The third kappa shape index (κ3) is 2.19. The third-order valence-electron chi connectivity index (χ3n) is 4.24. The molecule has 0 unspecified atom stereocenters. The fourth-order valence-electron chi connectivity index (χ4n) is 2.97. The van der Waals surface area contributed by atoms with E-state index in [0.29, 0.717) is 27.5 Å². The summed E-state index contributed by atoms with van der Waals surface area (Å²) >= 11 is 9.52. The van der Waals surface area contributed by atoms with E-state index < -0.39 is 0 Å². The van der Waals surface area contributed by atoms with Gasteiger partial charge in [-0.25, -0.2) is 0 Å². The normalized spacial score (nSPS) is 13.9. The van der Waals surface area contributed by atoms with E-state index in [-0.39, 0.29) is 18.4 Å². The van der Waals surface area contributed by atoms with E-state index in [1.165, 1.54) is 4.90 Å². The number of furan rings is 1. The van der Waals surface area contributed by atoms with E-state index in [1.807, 2.05) is 13.0 Å². The fourth-order valence-corrected chi connectivity index (χ4v) is 3.86. The van der Waals surface area contributed by atoms with Gasteiger partial charge < -0.3 is 4.42 Å². The number of imide groups is 1. The van der Waals surface area contributed by atoms with E-state index in [4.69, 9.17) is 16.0 Å². The second kappa shape index (κ2) is 5.46. The topological polar surface area (TPSA) is 50.5 Å². The molecule has 0 N–H and O–H groups in total. The molecule has 120 valence electrons. The molecule has 2 aromatic carbocycles. The van der Waals surface area contributed by atoms with Crippen LogP contribution >= 0.6 is 27.5 Å². The van der Waals surface area contributed by atoms with Crippen molar-refractivity contribution in [1.82, 2.24) is 4.90 Å². The predicted molar refractivity (Wildman–Crippen MR) is 94.3 cm³/mol. The van der Waals surface area contributed by atoms with Crippen LogP contribution < -0.4 is 0 Å². The van der Waals surface area contributed by atoms with Gasteiger partial charge in [0.25, 0.3) is 11.8 Å². The summed E-state index contributed by atoms with van der Waals surface area (Å²) in [7, 11) is 0. The summed E-state index contributed by atoms with van der Waals surface area (Å²) in [5.74, 6) is -0.0254. The highest BCUT2D eigenvalue weighted by Gasteiger charge is 2.36. The van der Waals surface area contributed by atoms with Gasteiger partial charge in [-0.3, -0.25) is 14.5 Å². The van der Waals surface area contributed by atoms with Crippen LogP contribution in [0.15, 0.2) is 45.3 Å². The number of amides is 2. The number of fused-ring (bicyclic) bond motifs is 2. The van der Waals surface area contributed by atoms with Gasteiger partial charge in [-0.15, -0.1) is 0 Å². The monoisotopic (exact) mass is 403 g/mol. The van der Waals surface area contributed by atoms with Gasteiger partial charge in [-0.2, -0.15) is 0 Å². The molecule has 1 aromatic heterocycles. The number of rotatable bonds is 2. The summed E-state index contributed by atoms with van der Waals surface area (Å²) in [6, 6.07) is 10.4. The molecule has 0 saturated heterocycles. The minimum Gasteiger partial charge on any atom is -0.458 e. The van der Waals surface area contributed by atoms with Crippen molar-refractivity contribution in [3.8, 4) is 0 Å². The fraction of sp³-hybridized carbons (Fsp3) is 0.111. The van der Waals surface area contributed by atoms with Crippen molar-refractivity contribution >= 4 is 50.3 Å². The lowest BCUT2D eigenvalue weighted by Gasteiger charge is -2.12. The van der Waals surface area contributed by atoms with Crippen LogP contribution in [-0.4, -0.2) is 16.7 Å². The molecule has 1 aliphatic rings. The van der Waals surface area contributed by atoms with Crippen molar-refractivity contribution in [3.63, 3.8) is 0 Å². The largest absolute Gasteiger partial charge is 0.458 e. The van der Waals surface area contributed by atoms with Crippen molar-refractivity contribution in [2.45, 2.75) is 13.5 Å². The van der Waals surface area contributed by atoms with Crippen molar-refractivity contribution in [1.29, 1.82) is 0 Å². The van der Waals surface area contributed by atoms with Crippen LogP contribution in [0.4, 0.5) is 0 Å². The minimum atomic E-state index is -0.299. The van der Waals surface area contributed by atoms with Crippen LogP contribution in [0.5, 0.6) is 0 Å². The first-order chi connectivity index (χ1) is 11.5. The Hall–Kier alpha value is -2.11. The molecular weight excluding hydrogens is 394 g/mol. The number of aryl methyl sites for hydroxylation is 1. The number of hydrogen-bond donors (Lipinski definition) is 0. The molecule has 0 atom stereocenters. The average Bonchev–Trinajstić information content (AvgIpc) is 2.99. The summed E-state index contributed by atoms with van der Waals surface area (Å²) in [6.45, 7) is 1.99. The maximum Gasteiger partial charge on any atom is 0.261 e. The second-order valence-corrected chi connectivity index (χ2v) is 6.95. The van der Waals surface area contributed by atoms with E-state index in [2.05, 4.69) is 15.9 Å². The van der Waals surface area contributed by atoms with Gasteiger partial charge in [0.1, 0.15) is 11.3 Å². The Labute approximate surface area is 151 Å². The summed E-state index contributed by atoms with van der Waals surface area (Å²) in [4.78, 5) is 26.2. The molecule has 0 radical (unpaired) electrons. The van der Waals surface area contributed by atoms with Crippen LogP contribution in [0.1, 0.15) is 32.0 Å². The van der Waals surface area contributed by atoms with Gasteiger partial charge >= 0.3 is 0 Å². The van der Waals surface area contributed by atoms with E-state index >= 15 is 0 Å². The Morgan fingerprint density at radius 2 is 1.75 bits per heavy atom. The van der Waals surface area contributed by atoms with Crippen LogP contribution in [0.25, 0.3) is 11.0 Å². The predicted octanol–water partition coefficient (Wildman–Crippen LogP) is 4.95. The second-order valence-electron chi connectivity index (χ2n) is 5.66. The summed E-state index contributed by atoms with van der Waals surface area (Å²) < 4.78 is 6.63. The van der Waals surface area contributed by atoms with E-state index in [1.54, 1.807) is 30.3 Å². The SMILES string of the molecule is Cc1c(CN2C(=O)c3ccccc3C2=O)oc2c(Br)cc(Cl)cc12. The number of carbonyl (C=O) groups is 2. The lowest BCUT2D eigenvalue weighted by atomic mass is 10.1. The standard InChI is InChI=1S/C18H11BrClNO3/c1-9-13-6-10(20)7-14(19)16(13)24-15(9)8-21-17(22)11-4-2-3-5-12(11)18(21)23/h2-7H,8H2,1H3. The average molecular weight is 405 g/mol. The first-order valence-corrected chi connectivity index (χ1v) is 8.46. The highest BCUT2D eigenvalue weighted by atomic mass is 79.9. The van der Waals surface area contributed by atoms with Crippen LogP contribution in [0.2, 0.25) is 5.02 Å². The molecule has 0 bridgehead atoms. The molecule has 24 heavy (non-hydrogen) atoms. The Bertz CT molecular complexity index is 990. The number of halogens is 2. The number of carbonyl (C=O) groups excluding carboxylic acids is 2. The summed E-state index contributed by atoms with van der Waals surface area (Å²) in [5, 5.41) is 1.45. The van der Waals surface area contributed by atoms with Gasteiger partial charge in [-0.05, 0) is 47.1 Å². The van der Waals surface area contributed by atoms with Crippen molar-refractivity contribution < 1.29 is 14.0 Å². The highest BCUT2D eigenvalue weighted by Crippen LogP contribution is 2.35. The molecular formula is C18H11BrClNO3. The van der Waals surface area contributed by atoms with Crippen molar-refractivity contribution in [2.75, 3.05) is 0 Å². The van der Waals surface area contributed by atoms with Crippen LogP contribution in [0, 0.1) is 6.92 Å². The molecule has 2 amide bonds. The van der Waals surface area contributed by atoms with Crippen LogP contribution in [-0.2, 0) is 6.54 Å². The molecule has 0 fully saturated rings. The summed E-state index contributed by atoms with van der Waals surface area (Å²) in [5.41, 5.74) is 2.38. The van der Waals surface area contributed by atoms with Crippen LogP contribution in [0.3, 0.4) is 0 Å². The number of nitrogens with zero attached hydrogens (tertiary/aromatic N) is 1. The number of benzene rings is 2. The summed E-state index contributed by atoms with van der Waals surface area (Å²) in [6.07, 6.45) is 0. The third-order valence-corrected chi connectivity index (χ3v) is 5.04. The Morgan fingerprint density at radius 3 is 2.38 bits per heavy atom. The first-order valence-electron chi connectivity index (χ1n) is 7.29. The van der Waals surface area contributed by atoms with Gasteiger partial charge in [0.05, 0.1) is 22.1 Å². The zero-order valence-electron chi connectivity index (χ0n) is 12.6. The maximum absolute atomic E-state index is 12.5. The molecule has 6 heteroatoms. The number of hydrogen-bond acceptors (Lipinski definition) is 3. The zero-order valence-corrected chi connectivity index (χ0v) is 14.9. The maximum atomic E-state index is 12.5. The smallest absolute Gasteiger partial charge is 0.261 e. The van der Waals surface area contributed by atoms with Crippen molar-refractivity contribution in [2.24, 2.45) is 0 Å². The molecule has 0 spiro atoms. The van der Waals surface area contributed by atoms with Gasteiger partial charge in [0.15, 0.2) is 0 Å². The minimum absolute atomic E-state index is 0.0942. The zero-order chi connectivity index (χ0) is 17.0. The van der Waals surface area contributed by atoms with Crippen molar-refractivity contribution in [3.05, 3.63) is 68.3 Å². The van der Waals surface area contributed by atoms with E-state index in [0.717, 1.165) is 15.4 Å². The molecule has 4 rings (SSSR count). The highest BCUT2D eigenvalue weighted by molar-refractivity contribution is 9.10. The lowest BCUT2D eigenvalue weighted by Crippen LogP contribution is -2.29. The Balaban J connectivity index is 1.76. The van der Waals surface area contributed by atoms with E-state index in [9.17, 15) is 9.59 Å². The first kappa shape index (κ1) is 15.4. The molecule has 0 saturated carbocycles. The quantitative estimate of drug-likeness (QED) is 0.568. The Kier molecular flexibility index (Phi) is 3.51. The molecule has 4 nitrogen and oxygen atoms in total. The van der Waals surface area contributed by atoms with Gasteiger partial charge in [0, 0.05) is 16.0 Å². The molecule has 3 aromatic rings. The molecule has 1 aliphatic heterocycles.